The van der Waals surface area contributed by atoms with Crippen LogP contribution in [-0.2, 0) is 4.84 Å². The number of guanidine groups is 1. The number of hydroxylamine groups is 1. The zero-order valence-corrected chi connectivity index (χ0v) is 6.27. The fraction of sp³-hybridized carbons (Fsp3) is 0.800. The van der Waals surface area contributed by atoms with Crippen LogP contribution in [0.25, 0.3) is 0 Å². The van der Waals surface area contributed by atoms with Crippen LogP contribution >= 0.6 is 0 Å². The van der Waals surface area contributed by atoms with Gasteiger partial charge < -0.3 is 0 Å². The van der Waals surface area contributed by atoms with Gasteiger partial charge in [0.15, 0.2) is 0 Å². The van der Waals surface area contributed by atoms with Crippen LogP contribution in [0, 0.1) is 5.41 Å². The van der Waals surface area contributed by atoms with Gasteiger partial charge in [0.25, 0.3) is 0 Å². The molecular formula is C5H14N4O. The molecule has 60 valence electrons. The van der Waals surface area contributed by atoms with Gasteiger partial charge in [-0.1, -0.05) is 6.92 Å². The first-order valence-corrected chi connectivity index (χ1v) is 3.17. The lowest BCUT2D eigenvalue weighted by Crippen LogP contribution is -2.41. The van der Waals surface area contributed by atoms with Crippen molar-refractivity contribution in [2.75, 3.05) is 0 Å². The van der Waals surface area contributed by atoms with Gasteiger partial charge in [0.05, 0.1) is 6.10 Å². The van der Waals surface area contributed by atoms with Crippen LogP contribution in [0.3, 0.4) is 0 Å². The second-order valence-electron chi connectivity index (χ2n) is 1.96. The van der Waals surface area contributed by atoms with Gasteiger partial charge >= 0.3 is 0 Å². The molecule has 0 spiro atoms. The van der Waals surface area contributed by atoms with Crippen molar-refractivity contribution in [1.29, 1.82) is 5.41 Å². The maximum atomic E-state index is 6.93. The number of nitrogens with two attached hydrogens (primary N) is 1. The highest BCUT2D eigenvalue weighted by Crippen LogP contribution is 1.90. The Kier molecular flexibility index (Phi) is 4.61. The van der Waals surface area contributed by atoms with E-state index in [1.807, 2.05) is 13.8 Å². The molecule has 0 aliphatic carbocycles. The van der Waals surface area contributed by atoms with Crippen LogP contribution in [0.5, 0.6) is 0 Å². The molecule has 5 nitrogen and oxygen atoms in total. The third kappa shape index (κ3) is 4.11. The number of hydrogen-bond acceptors (Lipinski definition) is 3. The number of hydrazine groups is 1. The van der Waals surface area contributed by atoms with E-state index >= 15 is 0 Å². The minimum atomic E-state index is -0.0414. The Morgan fingerprint density at radius 1 is 1.80 bits per heavy atom. The van der Waals surface area contributed by atoms with E-state index < -0.39 is 0 Å². The highest BCUT2D eigenvalue weighted by molar-refractivity contribution is 5.74. The van der Waals surface area contributed by atoms with Crippen molar-refractivity contribution < 1.29 is 4.84 Å². The summed E-state index contributed by atoms with van der Waals surface area (Å²) in [5, 5.41) is 6.93. The third-order valence-electron chi connectivity index (χ3n) is 1.08. The molecule has 5 heteroatoms. The summed E-state index contributed by atoms with van der Waals surface area (Å²) < 4.78 is 0. The summed E-state index contributed by atoms with van der Waals surface area (Å²) in [6, 6.07) is 0. The quantitative estimate of drug-likeness (QED) is 0.191. The Morgan fingerprint density at radius 3 is 2.80 bits per heavy atom. The monoisotopic (exact) mass is 146 g/mol. The van der Waals surface area contributed by atoms with Gasteiger partial charge in [-0.3, -0.25) is 15.7 Å². The summed E-state index contributed by atoms with van der Waals surface area (Å²) in [7, 11) is 0. The van der Waals surface area contributed by atoms with Gasteiger partial charge in [-0.25, -0.2) is 11.3 Å². The molecule has 0 aromatic carbocycles. The lowest BCUT2D eigenvalue weighted by Gasteiger charge is -2.11. The molecule has 1 unspecified atom stereocenters. The molecular weight excluding hydrogens is 132 g/mol. The smallest absolute Gasteiger partial charge is 0.227 e. The molecule has 10 heavy (non-hydrogen) atoms. The van der Waals surface area contributed by atoms with Crippen molar-refractivity contribution in [3.05, 3.63) is 0 Å². The van der Waals surface area contributed by atoms with Gasteiger partial charge in [0.2, 0.25) is 5.96 Å². The predicted molar refractivity (Wildman–Crippen MR) is 39.0 cm³/mol. The number of rotatable bonds is 3. The molecule has 0 saturated carbocycles. The van der Waals surface area contributed by atoms with Gasteiger partial charge in [-0.05, 0) is 13.3 Å². The van der Waals surface area contributed by atoms with Gasteiger partial charge in [0.1, 0.15) is 0 Å². The van der Waals surface area contributed by atoms with E-state index in [-0.39, 0.29) is 12.1 Å². The minimum Gasteiger partial charge on any atom is -0.293 e. The maximum Gasteiger partial charge on any atom is 0.227 e. The van der Waals surface area contributed by atoms with Crippen LogP contribution in [0.4, 0.5) is 0 Å². The molecule has 0 saturated heterocycles. The molecule has 0 bridgehead atoms. The highest BCUT2D eigenvalue weighted by atomic mass is 16.7. The molecule has 0 aromatic rings. The summed E-state index contributed by atoms with van der Waals surface area (Å²) in [6.45, 7) is 3.89. The summed E-state index contributed by atoms with van der Waals surface area (Å²) in [5.74, 6) is 4.84. The predicted octanol–water partition coefficient (Wildman–Crippen LogP) is -0.296. The topological polar surface area (TPSA) is 83.2 Å². The third-order valence-corrected chi connectivity index (χ3v) is 1.08. The lowest BCUT2D eigenvalue weighted by molar-refractivity contribution is 0.0174. The Labute approximate surface area is 60.4 Å². The zero-order valence-electron chi connectivity index (χ0n) is 6.27. The average Bonchev–Trinajstić information content (AvgIpc) is 1.99. The van der Waals surface area contributed by atoms with Crippen LogP contribution in [0.1, 0.15) is 20.3 Å². The highest BCUT2D eigenvalue weighted by Gasteiger charge is 1.97. The van der Waals surface area contributed by atoms with Crippen molar-refractivity contribution in [3.63, 3.8) is 0 Å². The summed E-state index contributed by atoms with van der Waals surface area (Å²) in [5.41, 5.74) is 4.42. The van der Waals surface area contributed by atoms with E-state index in [0.717, 1.165) is 6.42 Å². The molecule has 0 heterocycles. The van der Waals surface area contributed by atoms with E-state index in [9.17, 15) is 0 Å². The fourth-order valence-corrected chi connectivity index (χ4v) is 0.272. The zero-order chi connectivity index (χ0) is 7.98. The minimum absolute atomic E-state index is 0.0414. The molecule has 0 aliphatic heterocycles. The van der Waals surface area contributed by atoms with Crippen molar-refractivity contribution in [2.45, 2.75) is 26.4 Å². The fourth-order valence-electron chi connectivity index (χ4n) is 0.272. The lowest BCUT2D eigenvalue weighted by atomic mass is 10.3. The molecule has 0 fully saturated rings. The molecule has 0 radical (unpaired) electrons. The molecule has 0 aliphatic rings. The van der Waals surface area contributed by atoms with E-state index in [2.05, 4.69) is 10.9 Å². The maximum absolute atomic E-state index is 6.93. The molecule has 5 N–H and O–H groups in total. The normalized spacial score (nSPS) is 12.3. The first kappa shape index (κ1) is 9.19. The largest absolute Gasteiger partial charge is 0.293 e. The second kappa shape index (κ2) is 5.01. The molecule has 0 rings (SSSR count). The molecule has 0 aromatic heterocycles. The standard InChI is InChI=1S/C5H14N4O/c1-3-4(2)10-9-5(6)8-7/h4H,3,7H2,1-2H3,(H3,6,8,9). The van der Waals surface area contributed by atoms with Crippen molar-refractivity contribution in [2.24, 2.45) is 5.84 Å². The van der Waals surface area contributed by atoms with Gasteiger partial charge in [-0.2, -0.15) is 0 Å². The Morgan fingerprint density at radius 2 is 2.40 bits per heavy atom. The SMILES string of the molecule is CCC(C)ONC(=N)NN. The van der Waals surface area contributed by atoms with Crippen molar-refractivity contribution in [1.82, 2.24) is 10.9 Å². The first-order valence-electron chi connectivity index (χ1n) is 3.17. The summed E-state index contributed by atoms with van der Waals surface area (Å²) >= 11 is 0. The van der Waals surface area contributed by atoms with Crippen LogP contribution in [0.15, 0.2) is 0 Å². The van der Waals surface area contributed by atoms with Crippen LogP contribution in [0.2, 0.25) is 0 Å². The first-order chi connectivity index (χ1) is 4.70. The van der Waals surface area contributed by atoms with E-state index in [0.29, 0.717) is 0 Å². The number of nitrogens with one attached hydrogen (secondary N) is 3. The average molecular weight is 146 g/mol. The van der Waals surface area contributed by atoms with Crippen LogP contribution < -0.4 is 16.7 Å². The molecule has 0 amide bonds. The van der Waals surface area contributed by atoms with E-state index in [1.54, 1.807) is 0 Å². The van der Waals surface area contributed by atoms with Crippen LogP contribution in [-0.4, -0.2) is 12.1 Å². The van der Waals surface area contributed by atoms with E-state index in [4.69, 9.17) is 16.1 Å². The summed E-state index contributed by atoms with van der Waals surface area (Å²) in [4.78, 5) is 4.93. The Balaban J connectivity index is 3.26. The van der Waals surface area contributed by atoms with Crippen molar-refractivity contribution >= 4 is 5.96 Å². The Hall–Kier alpha value is -0.810. The second-order valence-corrected chi connectivity index (χ2v) is 1.96. The summed E-state index contributed by atoms with van der Waals surface area (Å²) in [6.07, 6.45) is 0.985. The van der Waals surface area contributed by atoms with E-state index in [1.165, 1.54) is 0 Å². The molecule has 1 atom stereocenters. The Bertz CT molecular complexity index is 106. The number of hydrogen-bond donors (Lipinski definition) is 4. The van der Waals surface area contributed by atoms with Gasteiger partial charge in [0, 0.05) is 0 Å². The van der Waals surface area contributed by atoms with Crippen molar-refractivity contribution in [3.8, 4) is 0 Å². The van der Waals surface area contributed by atoms with Gasteiger partial charge in [-0.15, -0.1) is 0 Å².